The third-order valence-corrected chi connectivity index (χ3v) is 5.97. The molecule has 0 heterocycles. The van der Waals surface area contributed by atoms with Crippen LogP contribution in [0.25, 0.3) is 0 Å². The van der Waals surface area contributed by atoms with Gasteiger partial charge in [-0.05, 0) is 45.8 Å². The lowest BCUT2D eigenvalue weighted by Crippen LogP contribution is -2.00. The first-order chi connectivity index (χ1) is 9.99. The van der Waals surface area contributed by atoms with Gasteiger partial charge in [-0.15, -0.1) is 0 Å². The van der Waals surface area contributed by atoms with Gasteiger partial charge in [0.05, 0.1) is 19.0 Å². The summed E-state index contributed by atoms with van der Waals surface area (Å²) in [6.07, 6.45) is 0. The monoisotopic (exact) mass is 540 g/mol. The van der Waals surface area contributed by atoms with E-state index in [0.717, 1.165) is 36.0 Å². The number of halogens is 4. The largest absolute Gasteiger partial charge is 0.495 e. The second-order valence-corrected chi connectivity index (χ2v) is 7.71. The standard InChI is InChI=1S/C15H12Br4O2/c1-20-12-6-4-9(15(21-2)14(12)19)13(18)10-7-8(16)3-5-11(10)17/h3-7,13H,1-2H3. The highest BCUT2D eigenvalue weighted by Crippen LogP contribution is 2.45. The van der Waals surface area contributed by atoms with Crippen LogP contribution in [0, 0.1) is 0 Å². The maximum absolute atomic E-state index is 5.55. The second-order valence-electron chi connectivity index (χ2n) is 4.23. The molecule has 2 aromatic rings. The molecule has 1 atom stereocenters. The van der Waals surface area contributed by atoms with Crippen molar-refractivity contribution in [3.63, 3.8) is 0 Å². The van der Waals surface area contributed by atoms with Gasteiger partial charge in [-0.1, -0.05) is 53.9 Å². The van der Waals surface area contributed by atoms with Crippen molar-refractivity contribution >= 4 is 63.7 Å². The first-order valence-electron chi connectivity index (χ1n) is 5.99. The van der Waals surface area contributed by atoms with E-state index in [1.165, 1.54) is 0 Å². The molecular formula is C15H12Br4O2. The third kappa shape index (κ3) is 3.66. The SMILES string of the molecule is COc1ccc(C(Br)c2cc(Br)ccc2Br)c(OC)c1Br. The van der Waals surface area contributed by atoms with Crippen molar-refractivity contribution in [1.29, 1.82) is 0 Å². The molecule has 0 fully saturated rings. The van der Waals surface area contributed by atoms with Gasteiger partial charge in [-0.2, -0.15) is 0 Å². The molecule has 0 spiro atoms. The number of benzene rings is 2. The Hall–Kier alpha value is -0.0400. The first kappa shape index (κ1) is 17.3. The molecular weight excluding hydrogens is 532 g/mol. The molecule has 21 heavy (non-hydrogen) atoms. The summed E-state index contributed by atoms with van der Waals surface area (Å²) in [6, 6.07) is 9.99. The van der Waals surface area contributed by atoms with Crippen molar-refractivity contribution in [1.82, 2.24) is 0 Å². The summed E-state index contributed by atoms with van der Waals surface area (Å²) in [4.78, 5) is -0.0125. The summed E-state index contributed by atoms with van der Waals surface area (Å²) < 4.78 is 13.7. The topological polar surface area (TPSA) is 18.5 Å². The van der Waals surface area contributed by atoms with E-state index < -0.39 is 0 Å². The molecule has 2 rings (SSSR count). The molecule has 2 aromatic carbocycles. The lowest BCUT2D eigenvalue weighted by Gasteiger charge is -2.19. The molecule has 0 amide bonds. The van der Waals surface area contributed by atoms with Crippen molar-refractivity contribution in [3.05, 3.63) is 54.9 Å². The fraction of sp³-hybridized carbons (Fsp3) is 0.200. The predicted octanol–water partition coefficient (Wildman–Crippen LogP) is 6.48. The first-order valence-corrected chi connectivity index (χ1v) is 9.28. The molecule has 1 unspecified atom stereocenters. The van der Waals surface area contributed by atoms with Crippen LogP contribution in [0.1, 0.15) is 16.0 Å². The minimum Gasteiger partial charge on any atom is -0.495 e. The fourth-order valence-electron chi connectivity index (χ4n) is 1.99. The summed E-state index contributed by atoms with van der Waals surface area (Å²) in [5.74, 6) is 1.49. The molecule has 0 saturated carbocycles. The van der Waals surface area contributed by atoms with Crippen LogP contribution in [-0.2, 0) is 0 Å². The van der Waals surface area contributed by atoms with Gasteiger partial charge in [-0.3, -0.25) is 0 Å². The van der Waals surface area contributed by atoms with E-state index in [9.17, 15) is 0 Å². The van der Waals surface area contributed by atoms with E-state index in [2.05, 4.69) is 69.8 Å². The van der Waals surface area contributed by atoms with Crippen molar-refractivity contribution in [2.45, 2.75) is 4.83 Å². The summed E-state index contributed by atoms with van der Waals surface area (Å²) in [7, 11) is 3.29. The Morgan fingerprint density at radius 2 is 1.62 bits per heavy atom. The summed E-state index contributed by atoms with van der Waals surface area (Å²) in [5.41, 5.74) is 2.13. The molecule has 2 nitrogen and oxygen atoms in total. The van der Waals surface area contributed by atoms with Crippen molar-refractivity contribution in [2.75, 3.05) is 14.2 Å². The summed E-state index contributed by atoms with van der Waals surface area (Å²) in [6.45, 7) is 0. The normalized spacial score (nSPS) is 12.1. The van der Waals surface area contributed by atoms with E-state index in [1.807, 2.05) is 24.3 Å². The van der Waals surface area contributed by atoms with Gasteiger partial charge in [0, 0.05) is 14.5 Å². The molecule has 0 aromatic heterocycles. The molecule has 0 saturated heterocycles. The van der Waals surface area contributed by atoms with Crippen molar-refractivity contribution in [3.8, 4) is 11.5 Å². The van der Waals surface area contributed by atoms with Gasteiger partial charge < -0.3 is 9.47 Å². The van der Waals surface area contributed by atoms with Gasteiger partial charge in [0.2, 0.25) is 0 Å². The highest BCUT2D eigenvalue weighted by Gasteiger charge is 2.21. The lowest BCUT2D eigenvalue weighted by atomic mass is 10.0. The van der Waals surface area contributed by atoms with E-state index in [-0.39, 0.29) is 4.83 Å². The second kappa shape index (κ2) is 7.49. The zero-order valence-electron chi connectivity index (χ0n) is 11.3. The molecule has 6 heteroatoms. The number of rotatable bonds is 4. The maximum atomic E-state index is 5.55. The summed E-state index contributed by atoms with van der Waals surface area (Å²) in [5, 5.41) is 0. The van der Waals surface area contributed by atoms with Crippen LogP contribution >= 0.6 is 63.7 Å². The van der Waals surface area contributed by atoms with Crippen LogP contribution in [-0.4, -0.2) is 14.2 Å². The van der Waals surface area contributed by atoms with Crippen LogP contribution in [0.15, 0.2) is 43.7 Å². The third-order valence-electron chi connectivity index (χ3n) is 3.02. The maximum Gasteiger partial charge on any atom is 0.141 e. The van der Waals surface area contributed by atoms with Crippen LogP contribution < -0.4 is 9.47 Å². The smallest absolute Gasteiger partial charge is 0.141 e. The molecule has 0 N–H and O–H groups in total. The number of hydrogen-bond donors (Lipinski definition) is 0. The molecule has 0 radical (unpaired) electrons. The van der Waals surface area contributed by atoms with Gasteiger partial charge in [0.1, 0.15) is 16.0 Å². The zero-order chi connectivity index (χ0) is 15.6. The Morgan fingerprint density at radius 3 is 2.24 bits per heavy atom. The summed E-state index contributed by atoms with van der Waals surface area (Å²) >= 11 is 14.4. The van der Waals surface area contributed by atoms with E-state index in [4.69, 9.17) is 9.47 Å². The minimum absolute atomic E-state index is 0.0125. The molecule has 0 aliphatic carbocycles. The van der Waals surface area contributed by atoms with Gasteiger partial charge in [0.15, 0.2) is 0 Å². The van der Waals surface area contributed by atoms with Gasteiger partial charge in [-0.25, -0.2) is 0 Å². The fourth-order valence-corrected chi connectivity index (χ4v) is 4.58. The van der Waals surface area contributed by atoms with E-state index in [0.29, 0.717) is 0 Å². The van der Waals surface area contributed by atoms with E-state index >= 15 is 0 Å². The average Bonchev–Trinajstić information content (AvgIpc) is 2.48. The van der Waals surface area contributed by atoms with Crippen LogP contribution in [0.4, 0.5) is 0 Å². The van der Waals surface area contributed by atoms with Crippen molar-refractivity contribution < 1.29 is 9.47 Å². The molecule has 0 aliphatic heterocycles. The van der Waals surface area contributed by atoms with Crippen molar-refractivity contribution in [2.24, 2.45) is 0 Å². The predicted molar refractivity (Wildman–Crippen MR) is 99.9 cm³/mol. The molecule has 112 valence electrons. The zero-order valence-corrected chi connectivity index (χ0v) is 17.6. The Morgan fingerprint density at radius 1 is 0.905 bits per heavy atom. The highest BCUT2D eigenvalue weighted by molar-refractivity contribution is 9.11. The lowest BCUT2D eigenvalue weighted by molar-refractivity contribution is 0.386. The average molecular weight is 544 g/mol. The highest BCUT2D eigenvalue weighted by atomic mass is 79.9. The number of hydrogen-bond acceptors (Lipinski definition) is 2. The number of alkyl halides is 1. The minimum atomic E-state index is -0.0125. The van der Waals surface area contributed by atoms with Crippen LogP contribution in [0.5, 0.6) is 11.5 Å². The quantitative estimate of drug-likeness (QED) is 0.411. The Balaban J connectivity index is 2.55. The van der Waals surface area contributed by atoms with E-state index in [1.54, 1.807) is 14.2 Å². The molecule has 0 aliphatic rings. The van der Waals surface area contributed by atoms with Crippen LogP contribution in [0.2, 0.25) is 0 Å². The van der Waals surface area contributed by atoms with Gasteiger partial charge >= 0.3 is 0 Å². The Kier molecular flexibility index (Phi) is 6.17. The Labute approximate surface area is 157 Å². The van der Waals surface area contributed by atoms with Gasteiger partial charge in [0.25, 0.3) is 0 Å². The molecule has 0 bridgehead atoms. The van der Waals surface area contributed by atoms with Crippen LogP contribution in [0.3, 0.4) is 0 Å². The number of methoxy groups -OCH3 is 2. The Bertz CT molecular complexity index is 658. The number of ether oxygens (including phenoxy) is 2.